The summed E-state index contributed by atoms with van der Waals surface area (Å²) < 4.78 is 15.7. The van der Waals surface area contributed by atoms with Gasteiger partial charge in [0.05, 0.1) is 25.8 Å². The molecule has 1 atom stereocenters. The van der Waals surface area contributed by atoms with Crippen LogP contribution < -0.4 is 14.8 Å². The second-order valence-electron chi connectivity index (χ2n) is 6.95. The number of para-hydroxylation sites is 1. The topological polar surface area (TPSA) is 89.7 Å². The number of methoxy groups -OCH3 is 2. The monoisotopic (exact) mass is 456 g/mol. The van der Waals surface area contributed by atoms with Crippen LogP contribution in [0.1, 0.15) is 18.1 Å². The molecule has 0 aliphatic carbocycles. The molecule has 0 aliphatic rings. The number of carbonyl (C=O) groups excluding carboxylic acids is 2. The molecule has 1 heterocycles. The fourth-order valence-electron chi connectivity index (χ4n) is 3.37. The van der Waals surface area contributed by atoms with Crippen LogP contribution in [0.2, 0.25) is 5.02 Å². The summed E-state index contributed by atoms with van der Waals surface area (Å²) in [6, 6.07) is 10.3. The number of ether oxygens (including phenoxy) is 3. The smallest absolute Gasteiger partial charge is 0.328 e. The van der Waals surface area contributed by atoms with Crippen molar-refractivity contribution in [2.45, 2.75) is 19.4 Å². The first-order valence-corrected chi connectivity index (χ1v) is 10.5. The van der Waals surface area contributed by atoms with Crippen molar-refractivity contribution >= 4 is 40.5 Å². The van der Waals surface area contributed by atoms with E-state index in [1.54, 1.807) is 18.2 Å². The molecule has 0 spiro atoms. The highest BCUT2D eigenvalue weighted by molar-refractivity contribution is 6.32. The van der Waals surface area contributed by atoms with Crippen molar-refractivity contribution in [2.24, 2.45) is 0 Å². The Kier molecular flexibility index (Phi) is 7.78. The Morgan fingerprint density at radius 3 is 2.72 bits per heavy atom. The van der Waals surface area contributed by atoms with Crippen LogP contribution in [0.3, 0.4) is 0 Å². The van der Waals surface area contributed by atoms with Gasteiger partial charge in [-0.15, -0.1) is 0 Å². The summed E-state index contributed by atoms with van der Waals surface area (Å²) in [5, 5.41) is 4.07. The van der Waals surface area contributed by atoms with Gasteiger partial charge in [0.2, 0.25) is 5.91 Å². The normalized spacial score (nSPS) is 12.0. The van der Waals surface area contributed by atoms with Crippen LogP contribution in [0.5, 0.6) is 11.5 Å². The van der Waals surface area contributed by atoms with Gasteiger partial charge in [0, 0.05) is 29.6 Å². The molecule has 0 saturated heterocycles. The first-order valence-electron chi connectivity index (χ1n) is 10.1. The van der Waals surface area contributed by atoms with Crippen LogP contribution >= 0.6 is 11.6 Å². The third-order valence-corrected chi connectivity index (χ3v) is 5.15. The Bertz CT molecular complexity index is 1140. The van der Waals surface area contributed by atoms with Gasteiger partial charge < -0.3 is 24.5 Å². The number of esters is 1. The highest BCUT2D eigenvalue weighted by atomic mass is 35.5. The van der Waals surface area contributed by atoms with E-state index in [2.05, 4.69) is 10.3 Å². The molecule has 32 heavy (non-hydrogen) atoms. The molecule has 3 rings (SSSR count). The van der Waals surface area contributed by atoms with Gasteiger partial charge in [-0.3, -0.25) is 4.79 Å². The van der Waals surface area contributed by atoms with Crippen molar-refractivity contribution in [1.82, 2.24) is 10.3 Å². The first kappa shape index (κ1) is 23.2. The molecule has 0 aliphatic heterocycles. The third kappa shape index (κ3) is 5.42. The minimum Gasteiger partial charge on any atom is -0.493 e. The van der Waals surface area contributed by atoms with Crippen LogP contribution in [-0.2, 0) is 20.7 Å². The van der Waals surface area contributed by atoms with E-state index in [1.807, 2.05) is 37.4 Å². The predicted molar refractivity (Wildman–Crippen MR) is 124 cm³/mol. The number of nitrogens with one attached hydrogen (secondary N) is 2. The van der Waals surface area contributed by atoms with Crippen LogP contribution in [-0.4, -0.2) is 43.7 Å². The van der Waals surface area contributed by atoms with Gasteiger partial charge in [-0.1, -0.05) is 29.8 Å². The molecule has 2 aromatic carbocycles. The lowest BCUT2D eigenvalue weighted by molar-refractivity contribution is -0.144. The fourth-order valence-corrected chi connectivity index (χ4v) is 3.64. The van der Waals surface area contributed by atoms with Gasteiger partial charge in [0.25, 0.3) is 0 Å². The number of H-pyrrole nitrogens is 1. The maximum absolute atomic E-state index is 12.5. The molecular weight excluding hydrogens is 432 g/mol. The predicted octanol–water partition coefficient (Wildman–Crippen LogP) is 4.14. The lowest BCUT2D eigenvalue weighted by atomic mass is 10.0. The minimum absolute atomic E-state index is 0.291. The van der Waals surface area contributed by atoms with Crippen molar-refractivity contribution in [1.29, 1.82) is 0 Å². The lowest BCUT2D eigenvalue weighted by Gasteiger charge is -2.15. The molecule has 0 bridgehead atoms. The number of hydrogen-bond acceptors (Lipinski definition) is 5. The zero-order chi connectivity index (χ0) is 23.1. The van der Waals surface area contributed by atoms with Crippen LogP contribution in [0.15, 0.2) is 48.7 Å². The van der Waals surface area contributed by atoms with Crippen molar-refractivity contribution in [3.8, 4) is 11.5 Å². The van der Waals surface area contributed by atoms with Gasteiger partial charge in [-0.2, -0.15) is 0 Å². The molecule has 1 amide bonds. The van der Waals surface area contributed by atoms with Crippen molar-refractivity contribution in [3.63, 3.8) is 0 Å². The van der Waals surface area contributed by atoms with Crippen molar-refractivity contribution in [2.75, 3.05) is 20.8 Å². The Morgan fingerprint density at radius 2 is 2.00 bits per heavy atom. The average Bonchev–Trinajstić information content (AvgIpc) is 3.21. The van der Waals surface area contributed by atoms with E-state index >= 15 is 0 Å². The number of aromatic nitrogens is 1. The molecule has 0 unspecified atom stereocenters. The number of carbonyl (C=O) groups is 2. The maximum Gasteiger partial charge on any atom is 0.328 e. The first-order chi connectivity index (χ1) is 15.5. The van der Waals surface area contributed by atoms with Gasteiger partial charge in [-0.25, -0.2) is 4.79 Å². The zero-order valence-corrected chi connectivity index (χ0v) is 18.9. The third-order valence-electron chi connectivity index (χ3n) is 4.87. The number of fused-ring (bicyclic) bond motifs is 1. The molecule has 0 fully saturated rings. The molecular formula is C24H25ClN2O5. The molecule has 3 aromatic rings. The number of aromatic amines is 1. The average molecular weight is 457 g/mol. The highest BCUT2D eigenvalue weighted by Gasteiger charge is 2.22. The van der Waals surface area contributed by atoms with Crippen molar-refractivity contribution < 1.29 is 23.8 Å². The van der Waals surface area contributed by atoms with E-state index in [0.29, 0.717) is 35.1 Å². The molecule has 1 aromatic heterocycles. The Balaban J connectivity index is 1.75. The minimum atomic E-state index is -0.838. The van der Waals surface area contributed by atoms with Crippen molar-refractivity contribution in [3.05, 3.63) is 64.8 Å². The molecule has 7 nitrogen and oxygen atoms in total. The number of rotatable bonds is 9. The van der Waals surface area contributed by atoms with Gasteiger partial charge in [0.15, 0.2) is 11.5 Å². The molecule has 0 saturated carbocycles. The molecule has 0 radical (unpaired) electrons. The number of hydrogen-bond donors (Lipinski definition) is 2. The Hall–Kier alpha value is -3.45. The van der Waals surface area contributed by atoms with E-state index in [4.69, 9.17) is 25.8 Å². The van der Waals surface area contributed by atoms with E-state index in [9.17, 15) is 9.59 Å². The number of amides is 1. The zero-order valence-electron chi connectivity index (χ0n) is 18.1. The summed E-state index contributed by atoms with van der Waals surface area (Å²) >= 11 is 6.28. The van der Waals surface area contributed by atoms with Gasteiger partial charge in [0.1, 0.15) is 6.04 Å². The summed E-state index contributed by atoms with van der Waals surface area (Å²) in [5.41, 5.74) is 2.51. The summed E-state index contributed by atoms with van der Waals surface area (Å²) in [7, 11) is 2.81. The second-order valence-corrected chi connectivity index (χ2v) is 7.36. The van der Waals surface area contributed by atoms with E-state index in [1.165, 1.54) is 20.3 Å². The standard InChI is InChI=1S/C24H25ClN2O5/c1-4-32-23-18(25)11-15(12-21(23)30-2)9-10-22(28)27-20(24(29)31-3)13-16-14-26-19-8-6-5-7-17(16)19/h5-12,14,20,26H,4,13H2,1-3H3,(H,27,28)/b10-9+/t20-/m1/s1. The largest absolute Gasteiger partial charge is 0.493 e. The summed E-state index contributed by atoms with van der Waals surface area (Å²) in [4.78, 5) is 28.0. The summed E-state index contributed by atoms with van der Waals surface area (Å²) in [5.74, 6) is -0.0547. The lowest BCUT2D eigenvalue weighted by Crippen LogP contribution is -2.42. The molecule has 8 heteroatoms. The van der Waals surface area contributed by atoms with Crippen LogP contribution in [0.4, 0.5) is 0 Å². The van der Waals surface area contributed by atoms with Gasteiger partial charge in [-0.05, 0) is 42.3 Å². The maximum atomic E-state index is 12.5. The van der Waals surface area contributed by atoms with E-state index in [-0.39, 0.29) is 0 Å². The summed E-state index contributed by atoms with van der Waals surface area (Å²) in [6.07, 6.45) is 5.03. The van der Waals surface area contributed by atoms with E-state index in [0.717, 1.165) is 16.5 Å². The molecule has 168 valence electrons. The fraction of sp³-hybridized carbons (Fsp3) is 0.250. The summed E-state index contributed by atoms with van der Waals surface area (Å²) in [6.45, 7) is 2.29. The molecule has 2 N–H and O–H groups in total. The Labute approximate surface area is 191 Å². The number of benzene rings is 2. The van der Waals surface area contributed by atoms with E-state index < -0.39 is 17.9 Å². The highest BCUT2D eigenvalue weighted by Crippen LogP contribution is 2.36. The van der Waals surface area contributed by atoms with Crippen LogP contribution in [0.25, 0.3) is 17.0 Å². The Morgan fingerprint density at radius 1 is 1.22 bits per heavy atom. The SMILES string of the molecule is CCOc1c(Cl)cc(/C=C/C(=O)N[C@H](Cc2c[nH]c3ccccc23)C(=O)OC)cc1OC. The quantitative estimate of drug-likeness (QED) is 0.373. The number of halogens is 1. The van der Waals surface area contributed by atoms with Gasteiger partial charge >= 0.3 is 5.97 Å². The second kappa shape index (κ2) is 10.7. The van der Waals surface area contributed by atoms with Crippen LogP contribution in [0, 0.1) is 0 Å².